The summed E-state index contributed by atoms with van der Waals surface area (Å²) in [7, 11) is 3.23. The number of benzene rings is 1. The lowest BCUT2D eigenvalue weighted by atomic mass is 10.1. The fourth-order valence-corrected chi connectivity index (χ4v) is 1.65. The van der Waals surface area contributed by atoms with Gasteiger partial charge < -0.3 is 24.1 Å². The van der Waals surface area contributed by atoms with Gasteiger partial charge in [0, 0.05) is 20.1 Å². The Balaban J connectivity index is 2.36. The van der Waals surface area contributed by atoms with Gasteiger partial charge in [-0.15, -0.1) is 0 Å². The van der Waals surface area contributed by atoms with Crippen molar-refractivity contribution in [1.29, 1.82) is 0 Å². The van der Waals surface area contributed by atoms with Crippen LogP contribution in [-0.4, -0.2) is 45.8 Å². The molecule has 1 N–H and O–H groups in total. The molecule has 5 heteroatoms. The molecule has 0 aromatic heterocycles. The number of ether oxygens (including phenoxy) is 4. The van der Waals surface area contributed by atoms with Crippen LogP contribution >= 0.6 is 0 Å². The summed E-state index contributed by atoms with van der Waals surface area (Å²) in [5.74, 6) is 1.30. The van der Waals surface area contributed by atoms with Crippen molar-refractivity contribution in [3.63, 3.8) is 0 Å². The van der Waals surface area contributed by atoms with Gasteiger partial charge in [-0.3, -0.25) is 0 Å². The molecule has 0 radical (unpaired) electrons. The molecule has 0 saturated heterocycles. The normalized spacial score (nSPS) is 12.2. The summed E-state index contributed by atoms with van der Waals surface area (Å²) in [5.41, 5.74) is 0.803. The lowest BCUT2D eigenvalue weighted by molar-refractivity contribution is 0.0643. The van der Waals surface area contributed by atoms with Crippen LogP contribution in [-0.2, 0) is 9.47 Å². The van der Waals surface area contributed by atoms with E-state index < -0.39 is 6.10 Å². The lowest BCUT2D eigenvalue weighted by Gasteiger charge is -2.13. The van der Waals surface area contributed by atoms with Crippen molar-refractivity contribution in [2.24, 2.45) is 0 Å². The molecule has 0 unspecified atom stereocenters. The van der Waals surface area contributed by atoms with E-state index in [9.17, 15) is 5.11 Å². The Morgan fingerprint density at radius 2 is 1.85 bits per heavy atom. The Bertz CT molecular complexity index is 379. The number of rotatable bonds is 10. The summed E-state index contributed by atoms with van der Waals surface area (Å²) in [4.78, 5) is 0. The van der Waals surface area contributed by atoms with Gasteiger partial charge >= 0.3 is 0 Å². The zero-order valence-electron chi connectivity index (χ0n) is 12.4. The van der Waals surface area contributed by atoms with Crippen molar-refractivity contribution in [3.05, 3.63) is 23.8 Å². The molecular formula is C15H24O5. The Kier molecular flexibility index (Phi) is 8.02. The van der Waals surface area contributed by atoms with E-state index in [1.54, 1.807) is 27.2 Å². The molecule has 1 aromatic carbocycles. The molecule has 0 heterocycles. The molecule has 114 valence electrons. The van der Waals surface area contributed by atoms with Gasteiger partial charge in [0.05, 0.1) is 33.0 Å². The van der Waals surface area contributed by atoms with Crippen LogP contribution in [0.15, 0.2) is 18.2 Å². The van der Waals surface area contributed by atoms with Crippen molar-refractivity contribution >= 4 is 0 Å². The van der Waals surface area contributed by atoms with Crippen LogP contribution in [0, 0.1) is 0 Å². The highest BCUT2D eigenvalue weighted by Crippen LogP contribution is 2.30. The maximum Gasteiger partial charge on any atom is 0.161 e. The number of hydrogen-bond acceptors (Lipinski definition) is 5. The van der Waals surface area contributed by atoms with Crippen LogP contribution in [0.25, 0.3) is 0 Å². The third-order valence-electron chi connectivity index (χ3n) is 2.79. The van der Waals surface area contributed by atoms with Gasteiger partial charge in [-0.2, -0.15) is 0 Å². The molecule has 0 spiro atoms. The zero-order valence-corrected chi connectivity index (χ0v) is 12.4. The van der Waals surface area contributed by atoms with Gasteiger partial charge in [-0.1, -0.05) is 6.07 Å². The largest absolute Gasteiger partial charge is 0.493 e. The first-order chi connectivity index (χ1) is 9.69. The van der Waals surface area contributed by atoms with E-state index in [-0.39, 0.29) is 0 Å². The van der Waals surface area contributed by atoms with Crippen LogP contribution < -0.4 is 9.47 Å². The first-order valence-electron chi connectivity index (χ1n) is 6.74. The van der Waals surface area contributed by atoms with E-state index in [0.717, 1.165) is 12.0 Å². The maximum absolute atomic E-state index is 9.53. The molecule has 0 bridgehead atoms. The maximum atomic E-state index is 9.53. The van der Waals surface area contributed by atoms with Gasteiger partial charge in [0.1, 0.15) is 0 Å². The minimum absolute atomic E-state index is 0.521. The summed E-state index contributed by atoms with van der Waals surface area (Å²) in [6.45, 7) is 4.11. The van der Waals surface area contributed by atoms with Crippen LogP contribution in [0.1, 0.15) is 25.0 Å². The third kappa shape index (κ3) is 5.77. The predicted octanol–water partition coefficient (Wildman–Crippen LogP) is 2.18. The molecule has 0 amide bonds. The summed E-state index contributed by atoms with van der Waals surface area (Å²) in [6, 6.07) is 5.43. The third-order valence-corrected chi connectivity index (χ3v) is 2.79. The monoisotopic (exact) mass is 284 g/mol. The average Bonchev–Trinajstić information content (AvgIpc) is 2.46. The summed E-state index contributed by atoms with van der Waals surface area (Å²) < 4.78 is 21.1. The van der Waals surface area contributed by atoms with Crippen LogP contribution in [0.5, 0.6) is 11.5 Å². The highest BCUT2D eigenvalue weighted by atomic mass is 16.5. The molecule has 0 aliphatic heterocycles. The number of hydrogen-bond donors (Lipinski definition) is 1. The van der Waals surface area contributed by atoms with E-state index in [0.29, 0.717) is 37.9 Å². The van der Waals surface area contributed by atoms with E-state index >= 15 is 0 Å². The lowest BCUT2D eigenvalue weighted by Crippen LogP contribution is -2.07. The topological polar surface area (TPSA) is 57.2 Å². The second-order valence-corrected chi connectivity index (χ2v) is 4.39. The number of methoxy groups -OCH3 is 2. The zero-order chi connectivity index (χ0) is 14.8. The minimum atomic E-state index is -0.521. The van der Waals surface area contributed by atoms with E-state index in [2.05, 4.69) is 0 Å². The Labute approximate surface area is 120 Å². The molecule has 0 aliphatic carbocycles. The highest BCUT2D eigenvalue weighted by molar-refractivity contribution is 5.43. The SMILES string of the molecule is COCCOCCCOc1ccc([C@H](C)O)cc1OC. The molecule has 1 atom stereocenters. The standard InChI is InChI=1S/C15H24O5/c1-12(16)13-5-6-14(15(11-13)18-3)20-8-4-7-19-10-9-17-2/h5-6,11-12,16H,4,7-10H2,1-3H3/t12-/m0/s1. The molecule has 0 fully saturated rings. The first-order valence-corrected chi connectivity index (χ1v) is 6.74. The van der Waals surface area contributed by atoms with E-state index in [4.69, 9.17) is 18.9 Å². The van der Waals surface area contributed by atoms with Crippen molar-refractivity contribution in [3.8, 4) is 11.5 Å². The van der Waals surface area contributed by atoms with Gasteiger partial charge in [0.15, 0.2) is 11.5 Å². The van der Waals surface area contributed by atoms with Gasteiger partial charge in [0.25, 0.3) is 0 Å². The molecule has 20 heavy (non-hydrogen) atoms. The van der Waals surface area contributed by atoms with Crippen molar-refractivity contribution in [1.82, 2.24) is 0 Å². The number of aliphatic hydroxyl groups excluding tert-OH is 1. The summed E-state index contributed by atoms with van der Waals surface area (Å²) >= 11 is 0. The van der Waals surface area contributed by atoms with Crippen LogP contribution in [0.2, 0.25) is 0 Å². The minimum Gasteiger partial charge on any atom is -0.493 e. The predicted molar refractivity (Wildman–Crippen MR) is 76.4 cm³/mol. The average molecular weight is 284 g/mol. The van der Waals surface area contributed by atoms with E-state index in [1.165, 1.54) is 0 Å². The van der Waals surface area contributed by atoms with Gasteiger partial charge in [-0.05, 0) is 24.6 Å². The molecule has 0 saturated carbocycles. The Hall–Kier alpha value is -1.30. The fourth-order valence-electron chi connectivity index (χ4n) is 1.65. The smallest absolute Gasteiger partial charge is 0.161 e. The molecule has 1 rings (SSSR count). The molecular weight excluding hydrogens is 260 g/mol. The first kappa shape index (κ1) is 16.8. The van der Waals surface area contributed by atoms with Crippen molar-refractivity contribution in [2.75, 3.05) is 40.6 Å². The fraction of sp³-hybridized carbons (Fsp3) is 0.600. The molecule has 1 aromatic rings. The molecule has 5 nitrogen and oxygen atoms in total. The Morgan fingerprint density at radius 3 is 2.50 bits per heavy atom. The van der Waals surface area contributed by atoms with Gasteiger partial charge in [-0.25, -0.2) is 0 Å². The number of aliphatic hydroxyl groups is 1. The molecule has 0 aliphatic rings. The highest BCUT2D eigenvalue weighted by Gasteiger charge is 2.08. The summed E-state index contributed by atoms with van der Waals surface area (Å²) in [5, 5.41) is 9.53. The second-order valence-electron chi connectivity index (χ2n) is 4.39. The van der Waals surface area contributed by atoms with Crippen LogP contribution in [0.3, 0.4) is 0 Å². The van der Waals surface area contributed by atoms with Gasteiger partial charge in [0.2, 0.25) is 0 Å². The quantitative estimate of drug-likeness (QED) is 0.667. The Morgan fingerprint density at radius 1 is 1.05 bits per heavy atom. The van der Waals surface area contributed by atoms with Crippen molar-refractivity contribution < 1.29 is 24.1 Å². The summed E-state index contributed by atoms with van der Waals surface area (Å²) in [6.07, 6.45) is 0.275. The second kappa shape index (κ2) is 9.58. The van der Waals surface area contributed by atoms with Crippen LogP contribution in [0.4, 0.5) is 0 Å². The van der Waals surface area contributed by atoms with Crippen molar-refractivity contribution in [2.45, 2.75) is 19.4 Å². The van der Waals surface area contributed by atoms with E-state index in [1.807, 2.05) is 12.1 Å².